The lowest BCUT2D eigenvalue weighted by Crippen LogP contribution is -1.99. The number of methoxy groups -OCH3 is 1. The first kappa shape index (κ1) is 13.2. The highest BCUT2D eigenvalue weighted by atomic mass is 79.9. The predicted octanol–water partition coefficient (Wildman–Crippen LogP) is 3.89. The maximum absolute atomic E-state index is 13.1. The van der Waals surface area contributed by atoms with Gasteiger partial charge in [0.15, 0.2) is 0 Å². The van der Waals surface area contributed by atoms with Gasteiger partial charge in [-0.1, -0.05) is 0 Å². The van der Waals surface area contributed by atoms with Gasteiger partial charge in [0.05, 0.1) is 22.3 Å². The molecule has 0 saturated carbocycles. The molecule has 0 fully saturated rings. The molecule has 0 saturated heterocycles. The molecule has 1 heterocycles. The molecule has 4 nitrogen and oxygen atoms in total. The van der Waals surface area contributed by atoms with Crippen LogP contribution >= 0.6 is 31.9 Å². The second-order valence-corrected chi connectivity index (χ2v) is 5.01. The number of anilines is 2. The zero-order valence-electron chi connectivity index (χ0n) is 9.25. The Morgan fingerprint density at radius 1 is 1.28 bits per heavy atom. The average molecular weight is 377 g/mol. The molecule has 18 heavy (non-hydrogen) atoms. The maximum Gasteiger partial charge on any atom is 0.232 e. The van der Waals surface area contributed by atoms with Crippen LogP contribution in [0.5, 0.6) is 5.88 Å². The van der Waals surface area contributed by atoms with Crippen molar-refractivity contribution in [2.75, 3.05) is 12.4 Å². The Bertz CT molecular complexity index is 580. The quantitative estimate of drug-likeness (QED) is 0.882. The minimum Gasteiger partial charge on any atom is -0.480 e. The van der Waals surface area contributed by atoms with Crippen LogP contribution in [0.3, 0.4) is 0 Å². The summed E-state index contributed by atoms with van der Waals surface area (Å²) in [6, 6.07) is 4.55. The molecule has 0 aliphatic carbocycles. The smallest absolute Gasteiger partial charge is 0.232 e. The topological polar surface area (TPSA) is 47.0 Å². The van der Waals surface area contributed by atoms with Crippen LogP contribution in [0.1, 0.15) is 0 Å². The van der Waals surface area contributed by atoms with E-state index in [1.54, 1.807) is 18.3 Å². The first-order chi connectivity index (χ1) is 8.60. The Morgan fingerprint density at radius 2 is 2.06 bits per heavy atom. The third kappa shape index (κ3) is 2.97. The third-order valence-electron chi connectivity index (χ3n) is 2.08. The van der Waals surface area contributed by atoms with E-state index in [1.165, 1.54) is 13.2 Å². The fraction of sp³-hybridized carbons (Fsp3) is 0.0909. The van der Waals surface area contributed by atoms with E-state index in [2.05, 4.69) is 47.1 Å². The summed E-state index contributed by atoms with van der Waals surface area (Å²) in [5, 5.41) is 2.95. The van der Waals surface area contributed by atoms with Gasteiger partial charge in [0.25, 0.3) is 0 Å². The van der Waals surface area contributed by atoms with Crippen LogP contribution in [0, 0.1) is 5.82 Å². The van der Waals surface area contributed by atoms with Crippen LogP contribution in [0.15, 0.2) is 33.3 Å². The number of aromatic nitrogens is 2. The summed E-state index contributed by atoms with van der Waals surface area (Å²) >= 11 is 6.37. The van der Waals surface area contributed by atoms with Crippen LogP contribution in [-0.2, 0) is 0 Å². The van der Waals surface area contributed by atoms with Gasteiger partial charge in [-0.3, -0.25) is 0 Å². The normalized spacial score (nSPS) is 10.2. The first-order valence-electron chi connectivity index (χ1n) is 4.89. The Balaban J connectivity index is 2.25. The monoisotopic (exact) mass is 375 g/mol. The van der Waals surface area contributed by atoms with Gasteiger partial charge in [-0.25, -0.2) is 9.37 Å². The minimum atomic E-state index is -0.324. The van der Waals surface area contributed by atoms with E-state index in [0.717, 1.165) is 0 Å². The molecule has 0 aliphatic rings. The van der Waals surface area contributed by atoms with Crippen LogP contribution in [0.25, 0.3) is 0 Å². The maximum atomic E-state index is 13.1. The molecule has 0 amide bonds. The van der Waals surface area contributed by atoms with Crippen molar-refractivity contribution in [1.29, 1.82) is 0 Å². The largest absolute Gasteiger partial charge is 0.480 e. The van der Waals surface area contributed by atoms with Crippen molar-refractivity contribution < 1.29 is 9.13 Å². The summed E-state index contributed by atoms with van der Waals surface area (Å²) in [4.78, 5) is 8.21. The van der Waals surface area contributed by atoms with Crippen LogP contribution in [0.2, 0.25) is 0 Å². The third-order valence-corrected chi connectivity index (χ3v) is 3.23. The van der Waals surface area contributed by atoms with Gasteiger partial charge in [-0.05, 0) is 50.1 Å². The number of hydrogen-bond donors (Lipinski definition) is 1. The molecule has 0 atom stereocenters. The molecule has 0 aliphatic heterocycles. The summed E-state index contributed by atoms with van der Waals surface area (Å²) in [5.74, 6) is 0.470. The molecule has 1 aromatic heterocycles. The van der Waals surface area contributed by atoms with E-state index in [-0.39, 0.29) is 5.82 Å². The molecule has 0 bridgehead atoms. The van der Waals surface area contributed by atoms with E-state index in [1.807, 2.05) is 0 Å². The van der Waals surface area contributed by atoms with Crippen LogP contribution in [0.4, 0.5) is 16.0 Å². The lowest BCUT2D eigenvalue weighted by Gasteiger charge is -2.07. The van der Waals surface area contributed by atoms with E-state index < -0.39 is 0 Å². The molecular formula is C11H8Br2FN3O. The number of rotatable bonds is 3. The van der Waals surface area contributed by atoms with Gasteiger partial charge < -0.3 is 10.1 Å². The fourth-order valence-corrected chi connectivity index (χ4v) is 1.99. The highest BCUT2D eigenvalue weighted by Crippen LogP contribution is 2.25. The zero-order valence-corrected chi connectivity index (χ0v) is 12.4. The van der Waals surface area contributed by atoms with E-state index in [4.69, 9.17) is 4.74 Å². The van der Waals surface area contributed by atoms with E-state index in [9.17, 15) is 4.39 Å². The van der Waals surface area contributed by atoms with Crippen molar-refractivity contribution in [3.63, 3.8) is 0 Å². The Kier molecular flexibility index (Phi) is 4.13. The molecule has 1 aromatic carbocycles. The minimum absolute atomic E-state index is 0.324. The van der Waals surface area contributed by atoms with E-state index >= 15 is 0 Å². The number of nitrogens with one attached hydrogen (secondary N) is 1. The van der Waals surface area contributed by atoms with Gasteiger partial charge in [0.2, 0.25) is 11.8 Å². The molecule has 94 valence electrons. The molecule has 2 aromatic rings. The lowest BCUT2D eigenvalue weighted by molar-refractivity contribution is 0.394. The lowest BCUT2D eigenvalue weighted by atomic mass is 10.3. The van der Waals surface area contributed by atoms with Crippen molar-refractivity contribution >= 4 is 43.5 Å². The number of hydrogen-bond acceptors (Lipinski definition) is 4. The van der Waals surface area contributed by atoms with Crippen molar-refractivity contribution in [3.05, 3.63) is 39.2 Å². The molecule has 2 rings (SSSR count). The Labute approximate surface area is 120 Å². The summed E-state index contributed by atoms with van der Waals surface area (Å²) in [5.41, 5.74) is 0.674. The van der Waals surface area contributed by atoms with Gasteiger partial charge in [0, 0.05) is 5.69 Å². The molecule has 7 heteroatoms. The average Bonchev–Trinajstić information content (AvgIpc) is 2.36. The first-order valence-corrected chi connectivity index (χ1v) is 6.47. The zero-order chi connectivity index (χ0) is 13.1. The van der Waals surface area contributed by atoms with Gasteiger partial charge >= 0.3 is 0 Å². The SMILES string of the molecule is COc1nc(Nc2ccc(F)c(Br)c2)ncc1Br. The molecule has 0 unspecified atom stereocenters. The summed E-state index contributed by atoms with van der Waals surface area (Å²) < 4.78 is 19.2. The number of benzene rings is 1. The summed E-state index contributed by atoms with van der Waals surface area (Å²) in [6.45, 7) is 0. The number of ether oxygens (including phenoxy) is 1. The van der Waals surface area contributed by atoms with Crippen LogP contribution in [-0.4, -0.2) is 17.1 Å². The summed E-state index contributed by atoms with van der Waals surface area (Å²) in [6.07, 6.45) is 1.58. The second-order valence-electron chi connectivity index (χ2n) is 3.30. The fourth-order valence-electron chi connectivity index (χ4n) is 1.26. The molecule has 1 N–H and O–H groups in total. The van der Waals surface area contributed by atoms with Gasteiger partial charge in [0.1, 0.15) is 5.82 Å². The standard InChI is InChI=1S/C11H8Br2FN3O/c1-18-10-8(13)5-15-11(17-10)16-6-2-3-9(14)7(12)4-6/h2-5H,1H3,(H,15,16,17). The highest BCUT2D eigenvalue weighted by Gasteiger charge is 2.06. The van der Waals surface area contributed by atoms with Gasteiger partial charge in [-0.15, -0.1) is 0 Å². The molecule has 0 spiro atoms. The Hall–Kier alpha value is -1.21. The second kappa shape index (κ2) is 5.62. The van der Waals surface area contributed by atoms with Crippen molar-refractivity contribution in [3.8, 4) is 5.88 Å². The predicted molar refractivity (Wildman–Crippen MR) is 73.7 cm³/mol. The summed E-state index contributed by atoms with van der Waals surface area (Å²) in [7, 11) is 1.52. The highest BCUT2D eigenvalue weighted by molar-refractivity contribution is 9.10. The molecule has 0 radical (unpaired) electrons. The van der Waals surface area contributed by atoms with E-state index in [0.29, 0.717) is 26.5 Å². The van der Waals surface area contributed by atoms with Crippen LogP contribution < -0.4 is 10.1 Å². The van der Waals surface area contributed by atoms with Crippen molar-refractivity contribution in [2.24, 2.45) is 0 Å². The Morgan fingerprint density at radius 3 is 2.72 bits per heavy atom. The molecular weight excluding hydrogens is 369 g/mol. The van der Waals surface area contributed by atoms with Crippen molar-refractivity contribution in [1.82, 2.24) is 9.97 Å². The number of nitrogens with zero attached hydrogens (tertiary/aromatic N) is 2. The van der Waals surface area contributed by atoms with Gasteiger partial charge in [-0.2, -0.15) is 4.98 Å². The number of halogens is 3. The van der Waals surface area contributed by atoms with Crippen molar-refractivity contribution in [2.45, 2.75) is 0 Å².